The molecule has 0 radical (unpaired) electrons. The number of nitrogens with one attached hydrogen (secondary N) is 1. The van der Waals surface area contributed by atoms with Gasteiger partial charge in [-0.1, -0.05) is 32.4 Å². The highest BCUT2D eigenvalue weighted by Gasteiger charge is 2.14. The zero-order valence-electron chi connectivity index (χ0n) is 11.4. The number of thiazole rings is 1. The molecule has 0 fully saturated rings. The molecule has 20 heavy (non-hydrogen) atoms. The van der Waals surface area contributed by atoms with Gasteiger partial charge in [0.1, 0.15) is 0 Å². The standard InChI is InChI=1S/C13H15ClN2OS3/c1-13(2,3)19-7-11(17)16-12-15-8(6-18-12)9-4-5-10(14)20-9/h4-6H,7H2,1-3H3,(H,15,16,17). The number of rotatable bonds is 4. The molecule has 0 unspecified atom stereocenters. The van der Waals surface area contributed by atoms with Crippen LogP contribution in [0.15, 0.2) is 17.5 Å². The zero-order valence-corrected chi connectivity index (χ0v) is 14.6. The van der Waals surface area contributed by atoms with Gasteiger partial charge in [-0.25, -0.2) is 4.98 Å². The third-order valence-corrected chi connectivity index (χ3v) is 5.50. The minimum atomic E-state index is -0.0185. The van der Waals surface area contributed by atoms with Crippen molar-refractivity contribution >= 4 is 57.1 Å². The molecule has 108 valence electrons. The van der Waals surface area contributed by atoms with Gasteiger partial charge in [-0.05, 0) is 12.1 Å². The van der Waals surface area contributed by atoms with Crippen molar-refractivity contribution in [2.24, 2.45) is 0 Å². The number of carbonyl (C=O) groups is 1. The molecule has 2 rings (SSSR count). The maximum Gasteiger partial charge on any atom is 0.236 e. The molecular formula is C13H15ClN2OS3. The van der Waals surface area contributed by atoms with Crippen LogP contribution < -0.4 is 5.32 Å². The molecule has 2 aromatic rings. The second-order valence-electron chi connectivity index (χ2n) is 5.09. The highest BCUT2D eigenvalue weighted by Crippen LogP contribution is 2.33. The Bertz CT molecular complexity index is 601. The molecule has 1 amide bonds. The molecule has 1 N–H and O–H groups in total. The van der Waals surface area contributed by atoms with E-state index < -0.39 is 0 Å². The molecule has 0 saturated carbocycles. The number of anilines is 1. The van der Waals surface area contributed by atoms with Crippen LogP contribution in [0.1, 0.15) is 20.8 Å². The van der Waals surface area contributed by atoms with Gasteiger partial charge in [-0.15, -0.1) is 34.4 Å². The van der Waals surface area contributed by atoms with E-state index in [0.29, 0.717) is 10.9 Å². The van der Waals surface area contributed by atoms with Gasteiger partial charge >= 0.3 is 0 Å². The van der Waals surface area contributed by atoms with E-state index in [0.717, 1.165) is 14.9 Å². The summed E-state index contributed by atoms with van der Waals surface area (Å²) in [6.07, 6.45) is 0. The first-order valence-corrected chi connectivity index (χ1v) is 9.04. The predicted molar refractivity (Wildman–Crippen MR) is 91.3 cm³/mol. The van der Waals surface area contributed by atoms with E-state index in [4.69, 9.17) is 11.6 Å². The summed E-state index contributed by atoms with van der Waals surface area (Å²) in [5.74, 6) is 0.415. The van der Waals surface area contributed by atoms with Crippen molar-refractivity contribution in [2.45, 2.75) is 25.5 Å². The minimum absolute atomic E-state index is 0.0185. The Labute approximate surface area is 135 Å². The van der Waals surface area contributed by atoms with E-state index in [2.05, 4.69) is 31.1 Å². The van der Waals surface area contributed by atoms with E-state index in [1.54, 1.807) is 11.8 Å². The Kier molecular flexibility index (Phi) is 5.12. The molecule has 3 nitrogen and oxygen atoms in total. The van der Waals surface area contributed by atoms with E-state index in [1.165, 1.54) is 22.7 Å². The Morgan fingerprint density at radius 3 is 2.80 bits per heavy atom. The maximum atomic E-state index is 11.8. The Morgan fingerprint density at radius 2 is 2.20 bits per heavy atom. The average molecular weight is 347 g/mol. The van der Waals surface area contributed by atoms with Crippen LogP contribution in [0.4, 0.5) is 5.13 Å². The number of carbonyl (C=O) groups excluding carboxylic acids is 1. The fourth-order valence-corrected chi connectivity index (χ4v) is 3.78. The van der Waals surface area contributed by atoms with Crippen molar-refractivity contribution in [3.05, 3.63) is 21.8 Å². The van der Waals surface area contributed by atoms with Crippen LogP contribution in [0.5, 0.6) is 0 Å². The number of aromatic nitrogens is 1. The highest BCUT2D eigenvalue weighted by atomic mass is 35.5. The quantitative estimate of drug-likeness (QED) is 0.847. The summed E-state index contributed by atoms with van der Waals surface area (Å²) in [4.78, 5) is 17.2. The number of hydrogen-bond acceptors (Lipinski definition) is 5. The highest BCUT2D eigenvalue weighted by molar-refractivity contribution is 8.01. The molecule has 0 atom stereocenters. The number of thiophene rings is 1. The number of thioether (sulfide) groups is 1. The van der Waals surface area contributed by atoms with E-state index in [-0.39, 0.29) is 10.7 Å². The molecule has 0 spiro atoms. The van der Waals surface area contributed by atoms with Crippen molar-refractivity contribution in [3.63, 3.8) is 0 Å². The first-order valence-electron chi connectivity index (χ1n) is 5.98. The van der Waals surface area contributed by atoms with Crippen LogP contribution in [0, 0.1) is 0 Å². The summed E-state index contributed by atoms with van der Waals surface area (Å²) < 4.78 is 0.819. The smallest absolute Gasteiger partial charge is 0.236 e. The van der Waals surface area contributed by atoms with Crippen LogP contribution >= 0.6 is 46.0 Å². The van der Waals surface area contributed by atoms with Crippen molar-refractivity contribution in [3.8, 4) is 10.6 Å². The number of hydrogen-bond donors (Lipinski definition) is 1. The molecule has 0 aliphatic rings. The second kappa shape index (κ2) is 6.47. The van der Waals surface area contributed by atoms with Gasteiger partial charge in [-0.2, -0.15) is 0 Å². The van der Waals surface area contributed by atoms with Crippen LogP contribution in [0.2, 0.25) is 4.34 Å². The first-order chi connectivity index (χ1) is 9.33. The first kappa shape index (κ1) is 15.8. The zero-order chi connectivity index (χ0) is 14.8. The van der Waals surface area contributed by atoms with Crippen molar-refractivity contribution < 1.29 is 4.79 Å². The molecule has 0 bridgehead atoms. The molecule has 0 aromatic carbocycles. The third-order valence-electron chi connectivity index (χ3n) is 2.21. The molecule has 0 saturated heterocycles. The van der Waals surface area contributed by atoms with Crippen molar-refractivity contribution in [1.82, 2.24) is 4.98 Å². The Morgan fingerprint density at radius 1 is 1.45 bits per heavy atom. The van der Waals surface area contributed by atoms with Crippen LogP contribution in [0.25, 0.3) is 10.6 Å². The van der Waals surface area contributed by atoms with Gasteiger partial charge < -0.3 is 5.32 Å². The maximum absolute atomic E-state index is 11.8. The lowest BCUT2D eigenvalue weighted by Crippen LogP contribution is -2.18. The molecule has 2 aromatic heterocycles. The molecule has 0 aliphatic heterocycles. The van der Waals surface area contributed by atoms with Crippen molar-refractivity contribution in [1.29, 1.82) is 0 Å². The van der Waals surface area contributed by atoms with Gasteiger partial charge in [0.15, 0.2) is 5.13 Å². The Hall–Kier alpha value is -0.560. The van der Waals surface area contributed by atoms with Crippen LogP contribution in [-0.2, 0) is 4.79 Å². The topological polar surface area (TPSA) is 42.0 Å². The van der Waals surface area contributed by atoms with Crippen LogP contribution in [0.3, 0.4) is 0 Å². The van der Waals surface area contributed by atoms with Crippen molar-refractivity contribution in [2.75, 3.05) is 11.1 Å². The van der Waals surface area contributed by atoms with Gasteiger partial charge in [0.25, 0.3) is 0 Å². The SMILES string of the molecule is CC(C)(C)SCC(=O)Nc1nc(-c2ccc(Cl)s2)cs1. The third kappa shape index (κ3) is 4.77. The lowest BCUT2D eigenvalue weighted by atomic mass is 10.3. The molecule has 2 heterocycles. The summed E-state index contributed by atoms with van der Waals surface area (Å²) in [6.45, 7) is 6.27. The lowest BCUT2D eigenvalue weighted by molar-refractivity contribution is -0.113. The molecular weight excluding hydrogens is 332 g/mol. The second-order valence-corrected chi connectivity index (χ2v) is 9.47. The minimum Gasteiger partial charge on any atom is -0.301 e. The van der Waals surface area contributed by atoms with Gasteiger partial charge in [-0.3, -0.25) is 4.79 Å². The monoisotopic (exact) mass is 346 g/mol. The van der Waals surface area contributed by atoms with Gasteiger partial charge in [0.05, 0.1) is 20.7 Å². The largest absolute Gasteiger partial charge is 0.301 e. The van der Waals surface area contributed by atoms with E-state index >= 15 is 0 Å². The fraction of sp³-hybridized carbons (Fsp3) is 0.385. The molecule has 0 aliphatic carbocycles. The summed E-state index contributed by atoms with van der Waals surface area (Å²) in [7, 11) is 0. The predicted octanol–water partition coefficient (Wildman–Crippen LogP) is 5.00. The van der Waals surface area contributed by atoms with E-state index in [1.807, 2.05) is 17.5 Å². The Balaban J connectivity index is 1.94. The summed E-state index contributed by atoms with van der Waals surface area (Å²) in [6, 6.07) is 3.78. The molecule has 7 heteroatoms. The van der Waals surface area contributed by atoms with E-state index in [9.17, 15) is 4.79 Å². The lowest BCUT2D eigenvalue weighted by Gasteiger charge is -2.16. The summed E-state index contributed by atoms with van der Waals surface area (Å²) in [5, 5.41) is 5.38. The van der Waals surface area contributed by atoms with Gasteiger partial charge in [0, 0.05) is 10.1 Å². The average Bonchev–Trinajstić information content (AvgIpc) is 2.94. The van der Waals surface area contributed by atoms with Gasteiger partial charge in [0.2, 0.25) is 5.91 Å². The number of halogens is 1. The number of amides is 1. The fourth-order valence-electron chi connectivity index (χ4n) is 1.33. The number of nitrogens with zero attached hydrogens (tertiary/aromatic N) is 1. The summed E-state index contributed by atoms with van der Waals surface area (Å²) in [5.41, 5.74) is 0.852. The summed E-state index contributed by atoms with van der Waals surface area (Å²) >= 11 is 10.4. The normalized spacial score (nSPS) is 11.6. The van der Waals surface area contributed by atoms with Crippen LogP contribution in [-0.4, -0.2) is 21.4 Å².